The van der Waals surface area contributed by atoms with Crippen LogP contribution in [0.4, 0.5) is 0 Å². The van der Waals surface area contributed by atoms with Crippen LogP contribution < -0.4 is 0 Å². The van der Waals surface area contributed by atoms with Gasteiger partial charge in [0.25, 0.3) is 0 Å². The number of benzene rings is 2. The van der Waals surface area contributed by atoms with Crippen LogP contribution in [-0.4, -0.2) is 54.3 Å². The Kier molecular flexibility index (Phi) is 4.86. The quantitative estimate of drug-likeness (QED) is 0.825. The first-order valence-electron chi connectivity index (χ1n) is 8.57. The number of hydrogen-bond acceptors (Lipinski definition) is 4. The van der Waals surface area contributed by atoms with E-state index in [1.165, 1.54) is 5.56 Å². The standard InChI is InChI=1S/C19H22N2O2S2/c22-25(23,19-9-5-2-6-10-19)20-12-17-14-24-15-18(13-20)21(17)11-16-7-3-1-4-8-16/h1-10,17-18H,11-15H2. The SMILES string of the molecule is O=S(=O)(c1ccccc1)N1CC2CSCC(C1)N2Cc1ccccc1. The lowest BCUT2D eigenvalue weighted by molar-refractivity contribution is 0.0691. The van der Waals surface area contributed by atoms with E-state index in [1.54, 1.807) is 28.6 Å². The predicted octanol–water partition coefficient (Wildman–Crippen LogP) is 2.68. The lowest BCUT2D eigenvalue weighted by Crippen LogP contribution is -2.63. The Labute approximate surface area is 153 Å². The molecule has 0 radical (unpaired) electrons. The van der Waals surface area contributed by atoms with Gasteiger partial charge in [-0.15, -0.1) is 0 Å². The monoisotopic (exact) mass is 374 g/mol. The molecule has 2 aliphatic rings. The molecule has 6 heteroatoms. The molecular weight excluding hydrogens is 352 g/mol. The van der Waals surface area contributed by atoms with Crippen LogP contribution in [0.2, 0.25) is 0 Å². The third-order valence-corrected chi connectivity index (χ3v) is 8.06. The lowest BCUT2D eigenvalue weighted by Gasteiger charge is -2.49. The Balaban J connectivity index is 1.55. The van der Waals surface area contributed by atoms with Gasteiger partial charge in [-0.05, 0) is 17.7 Å². The molecule has 0 spiro atoms. The van der Waals surface area contributed by atoms with Gasteiger partial charge >= 0.3 is 0 Å². The van der Waals surface area contributed by atoms with Crippen molar-refractivity contribution in [1.29, 1.82) is 0 Å². The molecule has 2 fully saturated rings. The van der Waals surface area contributed by atoms with Gasteiger partial charge in [-0.1, -0.05) is 48.5 Å². The minimum atomic E-state index is -3.40. The molecule has 2 saturated heterocycles. The van der Waals surface area contributed by atoms with Gasteiger partial charge in [0.1, 0.15) is 0 Å². The fourth-order valence-electron chi connectivity index (χ4n) is 3.68. The predicted molar refractivity (Wildman–Crippen MR) is 102 cm³/mol. The van der Waals surface area contributed by atoms with Gasteiger partial charge in [-0.3, -0.25) is 4.90 Å². The number of nitrogens with zero attached hydrogens (tertiary/aromatic N) is 2. The summed E-state index contributed by atoms with van der Waals surface area (Å²) in [6.45, 7) is 2.05. The third kappa shape index (κ3) is 3.49. The highest BCUT2D eigenvalue weighted by Gasteiger charge is 2.41. The minimum Gasteiger partial charge on any atom is -0.289 e. The van der Waals surface area contributed by atoms with Crippen molar-refractivity contribution < 1.29 is 8.42 Å². The molecular formula is C19H22N2O2S2. The molecule has 0 saturated carbocycles. The smallest absolute Gasteiger partial charge is 0.243 e. The van der Waals surface area contributed by atoms with Gasteiger partial charge in [0.05, 0.1) is 4.90 Å². The highest BCUT2D eigenvalue weighted by molar-refractivity contribution is 7.99. The molecule has 2 bridgehead atoms. The van der Waals surface area contributed by atoms with E-state index in [9.17, 15) is 8.42 Å². The zero-order valence-corrected chi connectivity index (χ0v) is 15.6. The molecule has 25 heavy (non-hydrogen) atoms. The highest BCUT2D eigenvalue weighted by atomic mass is 32.2. The summed E-state index contributed by atoms with van der Waals surface area (Å²) in [5.74, 6) is 1.98. The Morgan fingerprint density at radius 2 is 1.44 bits per heavy atom. The van der Waals surface area contributed by atoms with Crippen molar-refractivity contribution in [3.63, 3.8) is 0 Å². The summed E-state index contributed by atoms with van der Waals surface area (Å²) >= 11 is 1.95. The summed E-state index contributed by atoms with van der Waals surface area (Å²) in [4.78, 5) is 2.90. The van der Waals surface area contributed by atoms with E-state index in [2.05, 4.69) is 29.2 Å². The van der Waals surface area contributed by atoms with Gasteiger partial charge in [0.2, 0.25) is 10.0 Å². The van der Waals surface area contributed by atoms with Gasteiger partial charge in [-0.25, -0.2) is 8.42 Å². The average Bonchev–Trinajstić information content (AvgIpc) is 2.63. The molecule has 2 atom stereocenters. The van der Waals surface area contributed by atoms with E-state index >= 15 is 0 Å². The van der Waals surface area contributed by atoms with Crippen molar-refractivity contribution in [2.75, 3.05) is 24.6 Å². The second-order valence-corrected chi connectivity index (χ2v) is 9.65. The second kappa shape index (κ2) is 7.11. The van der Waals surface area contributed by atoms with Crippen LogP contribution in [0.25, 0.3) is 0 Å². The van der Waals surface area contributed by atoms with Crippen LogP contribution in [0.3, 0.4) is 0 Å². The number of piperazine rings is 1. The lowest BCUT2D eigenvalue weighted by atomic mass is 10.1. The maximum Gasteiger partial charge on any atom is 0.243 e. The van der Waals surface area contributed by atoms with Crippen LogP contribution in [0.1, 0.15) is 5.56 Å². The first-order valence-corrected chi connectivity index (χ1v) is 11.2. The molecule has 0 aromatic heterocycles. The fourth-order valence-corrected chi connectivity index (χ4v) is 6.49. The van der Waals surface area contributed by atoms with Gasteiger partial charge in [0.15, 0.2) is 0 Å². The molecule has 0 amide bonds. The summed E-state index contributed by atoms with van der Waals surface area (Å²) in [5, 5.41) is 0. The summed E-state index contributed by atoms with van der Waals surface area (Å²) < 4.78 is 27.7. The molecule has 4 nitrogen and oxygen atoms in total. The Morgan fingerprint density at radius 3 is 2.04 bits per heavy atom. The number of thioether (sulfide) groups is 1. The van der Waals surface area contributed by atoms with Gasteiger partial charge in [0, 0.05) is 43.2 Å². The van der Waals surface area contributed by atoms with Crippen molar-refractivity contribution in [1.82, 2.24) is 9.21 Å². The van der Waals surface area contributed by atoms with E-state index in [1.807, 2.05) is 23.9 Å². The maximum atomic E-state index is 13.0. The van der Waals surface area contributed by atoms with Crippen molar-refractivity contribution in [2.45, 2.75) is 23.5 Å². The van der Waals surface area contributed by atoms with Crippen LogP contribution >= 0.6 is 11.8 Å². The van der Waals surface area contributed by atoms with Crippen molar-refractivity contribution >= 4 is 21.8 Å². The Bertz CT molecular complexity index is 798. The maximum absolute atomic E-state index is 13.0. The molecule has 132 valence electrons. The molecule has 4 rings (SSSR count). The molecule has 2 unspecified atom stereocenters. The first kappa shape index (κ1) is 17.1. The fraction of sp³-hybridized carbons (Fsp3) is 0.368. The molecule has 0 N–H and O–H groups in total. The van der Waals surface area contributed by atoms with Crippen molar-refractivity contribution in [3.8, 4) is 0 Å². The average molecular weight is 375 g/mol. The second-order valence-electron chi connectivity index (χ2n) is 6.64. The Hall–Kier alpha value is -1.34. The number of fused-ring (bicyclic) bond motifs is 2. The van der Waals surface area contributed by atoms with Gasteiger partial charge in [-0.2, -0.15) is 16.1 Å². The van der Waals surface area contributed by atoms with Crippen LogP contribution in [-0.2, 0) is 16.6 Å². The molecule has 2 heterocycles. The summed E-state index contributed by atoms with van der Waals surface area (Å²) in [6, 6.07) is 19.8. The van der Waals surface area contributed by atoms with E-state index in [4.69, 9.17) is 0 Å². The Morgan fingerprint density at radius 1 is 0.880 bits per heavy atom. The minimum absolute atomic E-state index is 0.274. The van der Waals surface area contributed by atoms with Gasteiger partial charge < -0.3 is 0 Å². The van der Waals surface area contributed by atoms with Crippen molar-refractivity contribution in [2.24, 2.45) is 0 Å². The van der Waals surface area contributed by atoms with Crippen LogP contribution in [0.15, 0.2) is 65.6 Å². The molecule has 0 aliphatic carbocycles. The summed E-state index contributed by atoms with van der Waals surface area (Å²) in [6.07, 6.45) is 0. The van der Waals surface area contributed by atoms with Crippen LogP contribution in [0, 0.1) is 0 Å². The number of hydrogen-bond donors (Lipinski definition) is 0. The molecule has 2 aliphatic heterocycles. The molecule has 2 aromatic carbocycles. The normalized spacial score (nSPS) is 25.0. The van der Waals surface area contributed by atoms with E-state index < -0.39 is 10.0 Å². The highest BCUT2D eigenvalue weighted by Crippen LogP contribution is 2.31. The number of rotatable bonds is 4. The summed E-state index contributed by atoms with van der Waals surface area (Å²) in [5.41, 5.74) is 1.30. The van der Waals surface area contributed by atoms with E-state index in [0.29, 0.717) is 18.0 Å². The first-order chi connectivity index (χ1) is 12.1. The molecule has 2 aromatic rings. The van der Waals surface area contributed by atoms with E-state index in [-0.39, 0.29) is 12.1 Å². The zero-order valence-electron chi connectivity index (χ0n) is 14.0. The third-order valence-electron chi connectivity index (χ3n) is 4.98. The number of sulfonamides is 1. The summed E-state index contributed by atoms with van der Waals surface area (Å²) in [7, 11) is -3.40. The topological polar surface area (TPSA) is 40.6 Å². The largest absolute Gasteiger partial charge is 0.289 e. The van der Waals surface area contributed by atoms with E-state index in [0.717, 1.165) is 18.1 Å². The zero-order chi connectivity index (χ0) is 17.3. The van der Waals surface area contributed by atoms with Crippen LogP contribution in [0.5, 0.6) is 0 Å². The van der Waals surface area contributed by atoms with Crippen molar-refractivity contribution in [3.05, 3.63) is 66.2 Å².